The number of nitrogens with zero attached hydrogens (tertiary/aromatic N) is 3. The van der Waals surface area contributed by atoms with Gasteiger partial charge < -0.3 is 13.9 Å². The van der Waals surface area contributed by atoms with Crippen LogP contribution >= 0.6 is 0 Å². The Morgan fingerprint density at radius 3 is 2.40 bits per heavy atom. The standard InChI is InChI=1S/C38H42N4O3/c1-38(2,3)32-18-16-26(17-19-32)34-39-40-35(44-34)29-10-7-11-30(23-29)36-41-42-37(45-36)31-12-8-13-33(24-31)43-20-6-4-5-9-27-21-25-14-15-28(27)22-25/h7-8,10-19,23-25,27-28,36,41H,4-6,9,20-22H2,1-3H3. The molecule has 4 atom stereocenters. The molecular formula is C38H42N4O3. The molecule has 0 radical (unpaired) electrons. The van der Waals surface area contributed by atoms with Crippen molar-refractivity contribution in [3.05, 3.63) is 102 Å². The van der Waals surface area contributed by atoms with Crippen LogP contribution in [0.1, 0.15) is 82.2 Å². The number of hydrogen-bond acceptors (Lipinski definition) is 7. The topological polar surface area (TPSA) is 81.8 Å². The zero-order valence-electron chi connectivity index (χ0n) is 26.4. The third-order valence-corrected chi connectivity index (χ3v) is 9.36. The van der Waals surface area contributed by atoms with Crippen LogP contribution in [-0.4, -0.2) is 22.7 Å². The van der Waals surface area contributed by atoms with Gasteiger partial charge in [-0.1, -0.05) is 76.1 Å². The summed E-state index contributed by atoms with van der Waals surface area (Å²) in [5.41, 5.74) is 7.97. The van der Waals surface area contributed by atoms with E-state index in [1.807, 2.05) is 60.7 Å². The molecule has 7 heteroatoms. The molecular weight excluding hydrogens is 560 g/mol. The van der Waals surface area contributed by atoms with Crippen molar-refractivity contribution in [3.8, 4) is 28.7 Å². The summed E-state index contributed by atoms with van der Waals surface area (Å²) in [6.45, 7) is 7.32. The van der Waals surface area contributed by atoms with Gasteiger partial charge in [0.15, 0.2) is 0 Å². The van der Waals surface area contributed by atoms with E-state index in [-0.39, 0.29) is 5.41 Å². The van der Waals surface area contributed by atoms with Gasteiger partial charge in [-0.15, -0.1) is 15.3 Å². The number of ether oxygens (including phenoxy) is 2. The molecule has 1 aromatic heterocycles. The van der Waals surface area contributed by atoms with Crippen LogP contribution < -0.4 is 10.2 Å². The first kappa shape index (κ1) is 29.3. The fourth-order valence-electron chi connectivity index (χ4n) is 6.78. The number of benzene rings is 3. The van der Waals surface area contributed by atoms with Crippen LogP contribution in [0.2, 0.25) is 0 Å². The molecule has 232 valence electrons. The van der Waals surface area contributed by atoms with E-state index in [4.69, 9.17) is 13.9 Å². The number of fused-ring (bicyclic) bond motifs is 2. The first-order chi connectivity index (χ1) is 21.9. The third kappa shape index (κ3) is 6.68. The smallest absolute Gasteiger partial charge is 0.248 e. The summed E-state index contributed by atoms with van der Waals surface area (Å²) in [6, 6.07) is 24.1. The molecule has 3 aromatic carbocycles. The van der Waals surface area contributed by atoms with Crippen LogP contribution in [0.15, 0.2) is 94.5 Å². The summed E-state index contributed by atoms with van der Waals surface area (Å²) >= 11 is 0. The maximum absolute atomic E-state index is 6.23. The summed E-state index contributed by atoms with van der Waals surface area (Å²) < 4.78 is 18.4. The van der Waals surface area contributed by atoms with Gasteiger partial charge in [0.1, 0.15) is 5.75 Å². The highest BCUT2D eigenvalue weighted by atomic mass is 16.5. The van der Waals surface area contributed by atoms with Gasteiger partial charge in [0, 0.05) is 22.3 Å². The highest BCUT2D eigenvalue weighted by Gasteiger charge is 2.34. The van der Waals surface area contributed by atoms with Crippen molar-refractivity contribution in [3.63, 3.8) is 0 Å². The fraction of sp³-hybridized carbons (Fsp3) is 0.395. The minimum absolute atomic E-state index is 0.0847. The summed E-state index contributed by atoms with van der Waals surface area (Å²) in [6.07, 6.45) is 12.2. The van der Waals surface area contributed by atoms with Crippen LogP contribution in [0.5, 0.6) is 5.75 Å². The van der Waals surface area contributed by atoms with E-state index in [1.165, 1.54) is 37.7 Å². The number of nitrogens with one attached hydrogen (secondary N) is 1. The van der Waals surface area contributed by atoms with Gasteiger partial charge >= 0.3 is 0 Å². The molecule has 0 amide bonds. The maximum Gasteiger partial charge on any atom is 0.248 e. The van der Waals surface area contributed by atoms with Crippen LogP contribution in [0.3, 0.4) is 0 Å². The monoisotopic (exact) mass is 602 g/mol. The van der Waals surface area contributed by atoms with E-state index in [9.17, 15) is 0 Å². The van der Waals surface area contributed by atoms with Crippen molar-refractivity contribution in [2.45, 2.75) is 70.9 Å². The molecule has 2 heterocycles. The summed E-state index contributed by atoms with van der Waals surface area (Å²) in [4.78, 5) is 0. The number of rotatable bonds is 11. The first-order valence-electron chi connectivity index (χ1n) is 16.4. The Labute approximate surface area is 265 Å². The van der Waals surface area contributed by atoms with E-state index >= 15 is 0 Å². The van der Waals surface area contributed by atoms with Crippen molar-refractivity contribution in [2.24, 2.45) is 22.9 Å². The zero-order valence-corrected chi connectivity index (χ0v) is 26.4. The Morgan fingerprint density at radius 2 is 1.62 bits per heavy atom. The molecule has 1 fully saturated rings. The number of hydrazone groups is 1. The molecule has 4 aromatic rings. The summed E-state index contributed by atoms with van der Waals surface area (Å²) in [7, 11) is 0. The van der Waals surface area contributed by atoms with E-state index < -0.39 is 6.23 Å². The Balaban J connectivity index is 0.914. The van der Waals surface area contributed by atoms with Crippen molar-refractivity contribution in [1.82, 2.24) is 15.6 Å². The zero-order chi connectivity index (χ0) is 30.8. The number of unbranched alkanes of at least 4 members (excludes halogenated alkanes) is 2. The molecule has 1 aliphatic heterocycles. The number of allylic oxidation sites excluding steroid dienone is 2. The van der Waals surface area contributed by atoms with Crippen LogP contribution in [0.4, 0.5) is 0 Å². The average Bonchev–Trinajstić information content (AvgIpc) is 3.88. The molecule has 7 rings (SSSR count). The van der Waals surface area contributed by atoms with Crippen LogP contribution in [0, 0.1) is 17.8 Å². The number of hydrogen-bond donors (Lipinski definition) is 1. The molecule has 4 unspecified atom stereocenters. The van der Waals surface area contributed by atoms with Crippen molar-refractivity contribution in [2.75, 3.05) is 6.61 Å². The number of aromatic nitrogens is 2. The van der Waals surface area contributed by atoms with Crippen molar-refractivity contribution in [1.29, 1.82) is 0 Å². The molecule has 2 bridgehead atoms. The summed E-state index contributed by atoms with van der Waals surface area (Å²) in [5, 5.41) is 13.1. The molecule has 2 aliphatic carbocycles. The minimum Gasteiger partial charge on any atom is -0.494 e. The van der Waals surface area contributed by atoms with Crippen molar-refractivity contribution < 1.29 is 13.9 Å². The van der Waals surface area contributed by atoms with E-state index in [0.717, 1.165) is 58.8 Å². The Bertz CT molecular complexity index is 1680. The van der Waals surface area contributed by atoms with E-state index in [2.05, 4.69) is 65.8 Å². The Hall–Kier alpha value is -4.39. The maximum atomic E-state index is 6.23. The van der Waals surface area contributed by atoms with Gasteiger partial charge in [-0.2, -0.15) is 0 Å². The second kappa shape index (κ2) is 12.5. The highest BCUT2D eigenvalue weighted by Crippen LogP contribution is 2.45. The quantitative estimate of drug-likeness (QED) is 0.136. The minimum atomic E-state index is -0.428. The molecule has 0 spiro atoms. The highest BCUT2D eigenvalue weighted by molar-refractivity contribution is 5.95. The average molecular weight is 603 g/mol. The molecule has 3 aliphatic rings. The fourth-order valence-corrected chi connectivity index (χ4v) is 6.78. The van der Waals surface area contributed by atoms with Crippen molar-refractivity contribution >= 4 is 5.90 Å². The Morgan fingerprint density at radius 1 is 0.822 bits per heavy atom. The SMILES string of the molecule is CC(C)(C)c1ccc(-c2nnc(-c3cccc(C4NN=C(c5cccc(OCCCCCC6CC7C=CC6C7)c5)O4)c3)o2)cc1. The lowest BCUT2D eigenvalue weighted by molar-refractivity contribution is 0.191. The van der Waals surface area contributed by atoms with Gasteiger partial charge in [0.25, 0.3) is 0 Å². The normalized spacial score (nSPS) is 21.9. The summed E-state index contributed by atoms with van der Waals surface area (Å²) in [5.74, 6) is 4.96. The van der Waals surface area contributed by atoms with Crippen LogP contribution in [0.25, 0.3) is 22.9 Å². The van der Waals surface area contributed by atoms with E-state index in [1.54, 1.807) is 0 Å². The van der Waals surface area contributed by atoms with Gasteiger partial charge in [-0.25, -0.2) is 0 Å². The lowest BCUT2D eigenvalue weighted by atomic mass is 9.87. The largest absolute Gasteiger partial charge is 0.494 e. The second-order valence-electron chi connectivity index (χ2n) is 13.7. The first-order valence-corrected chi connectivity index (χ1v) is 16.4. The lowest BCUT2D eigenvalue weighted by Crippen LogP contribution is -2.12. The third-order valence-electron chi connectivity index (χ3n) is 9.36. The van der Waals surface area contributed by atoms with Crippen LogP contribution in [-0.2, 0) is 10.2 Å². The predicted molar refractivity (Wildman–Crippen MR) is 177 cm³/mol. The van der Waals surface area contributed by atoms with Gasteiger partial charge in [0.2, 0.25) is 23.9 Å². The van der Waals surface area contributed by atoms with Gasteiger partial charge in [-0.05, 0) is 96.9 Å². The van der Waals surface area contributed by atoms with Gasteiger partial charge in [0.05, 0.1) is 6.61 Å². The van der Waals surface area contributed by atoms with Gasteiger partial charge in [-0.3, -0.25) is 5.43 Å². The van der Waals surface area contributed by atoms with E-state index in [0.29, 0.717) is 17.7 Å². The molecule has 45 heavy (non-hydrogen) atoms. The second-order valence-corrected chi connectivity index (χ2v) is 13.7. The Kier molecular flexibility index (Phi) is 8.18. The predicted octanol–water partition coefficient (Wildman–Crippen LogP) is 8.83. The lowest BCUT2D eigenvalue weighted by Gasteiger charge is -2.18. The molecule has 0 saturated heterocycles. The molecule has 7 nitrogen and oxygen atoms in total. The molecule has 1 N–H and O–H groups in total. The molecule has 1 saturated carbocycles.